The average Bonchev–Trinajstić information content (AvgIpc) is 2.44. The number of rotatable bonds is 16. The fourth-order valence-corrected chi connectivity index (χ4v) is 2.90. The predicted molar refractivity (Wildman–Crippen MR) is 92.1 cm³/mol. The molecule has 0 aliphatic heterocycles. The van der Waals surface area contributed by atoms with Crippen LogP contribution in [0.4, 0.5) is 0 Å². The number of nitrogens with one attached hydrogen (secondary N) is 1. The van der Waals surface area contributed by atoms with Crippen LogP contribution < -0.4 is 5.73 Å². The molecule has 0 heterocycles. The minimum atomic E-state index is 0.215. The maximum absolute atomic E-state index is 7.82. The van der Waals surface area contributed by atoms with Gasteiger partial charge < -0.3 is 0 Å². The van der Waals surface area contributed by atoms with Crippen molar-refractivity contribution in [2.45, 2.75) is 123 Å². The largest absolute Gasteiger partial charge is 0.255 e. The second-order valence-electron chi connectivity index (χ2n) is 6.52. The van der Waals surface area contributed by atoms with Gasteiger partial charge in [0, 0.05) is 6.04 Å². The van der Waals surface area contributed by atoms with Crippen molar-refractivity contribution in [1.82, 2.24) is 5.73 Å². The quantitative estimate of drug-likeness (QED) is 0.274. The normalized spacial score (nSPS) is 12.8. The lowest BCUT2D eigenvalue weighted by Gasteiger charge is -2.08. The smallest absolute Gasteiger partial charge is 0.0212 e. The number of hydrogen-bond donors (Lipinski definition) is 0. The van der Waals surface area contributed by atoms with Gasteiger partial charge in [-0.3, -0.25) is 5.73 Å². The molecule has 0 fully saturated rings. The van der Waals surface area contributed by atoms with Crippen LogP contribution in [-0.2, 0) is 0 Å². The van der Waals surface area contributed by atoms with E-state index in [0.29, 0.717) is 0 Å². The molecule has 0 aliphatic rings. The molecule has 1 radical (unpaired) electrons. The molecule has 1 N–H and O–H groups in total. The SMILES string of the molecule is CCCCCCCCCCCCCCCC([NH])CCC. The van der Waals surface area contributed by atoms with E-state index in [1.807, 2.05) is 0 Å². The zero-order valence-corrected chi connectivity index (χ0v) is 14.4. The first-order valence-electron chi connectivity index (χ1n) is 9.52. The van der Waals surface area contributed by atoms with Crippen molar-refractivity contribution >= 4 is 0 Å². The molecule has 0 amide bonds. The summed E-state index contributed by atoms with van der Waals surface area (Å²) in [4.78, 5) is 0. The number of hydrogen-bond acceptors (Lipinski definition) is 0. The lowest BCUT2D eigenvalue weighted by atomic mass is 10.0. The molecule has 1 nitrogen and oxygen atoms in total. The summed E-state index contributed by atoms with van der Waals surface area (Å²) in [6, 6.07) is 0.215. The van der Waals surface area contributed by atoms with E-state index >= 15 is 0 Å². The van der Waals surface area contributed by atoms with E-state index in [1.165, 1.54) is 89.9 Å². The zero-order chi connectivity index (χ0) is 14.9. The second kappa shape index (κ2) is 17.0. The van der Waals surface area contributed by atoms with Crippen LogP contribution >= 0.6 is 0 Å². The third-order valence-corrected chi connectivity index (χ3v) is 4.29. The Balaban J connectivity index is 2.99. The van der Waals surface area contributed by atoms with Gasteiger partial charge in [0.1, 0.15) is 0 Å². The van der Waals surface area contributed by atoms with Crippen molar-refractivity contribution < 1.29 is 0 Å². The first kappa shape index (κ1) is 20.0. The van der Waals surface area contributed by atoms with Crippen LogP contribution in [-0.4, -0.2) is 6.04 Å². The van der Waals surface area contributed by atoms with Crippen LogP contribution in [0.15, 0.2) is 0 Å². The topological polar surface area (TPSA) is 23.8 Å². The van der Waals surface area contributed by atoms with Crippen molar-refractivity contribution in [3.63, 3.8) is 0 Å². The van der Waals surface area contributed by atoms with Crippen LogP contribution in [0.1, 0.15) is 117 Å². The highest BCUT2D eigenvalue weighted by Crippen LogP contribution is 2.13. The Morgan fingerprint density at radius 1 is 0.500 bits per heavy atom. The van der Waals surface area contributed by atoms with E-state index in [1.54, 1.807) is 0 Å². The van der Waals surface area contributed by atoms with Crippen LogP contribution in [0.2, 0.25) is 0 Å². The molecule has 0 aliphatic carbocycles. The molecule has 20 heavy (non-hydrogen) atoms. The van der Waals surface area contributed by atoms with Crippen LogP contribution in [0.5, 0.6) is 0 Å². The van der Waals surface area contributed by atoms with Gasteiger partial charge in [0.15, 0.2) is 0 Å². The minimum absolute atomic E-state index is 0.215. The first-order valence-corrected chi connectivity index (χ1v) is 9.52. The average molecular weight is 283 g/mol. The van der Waals surface area contributed by atoms with Gasteiger partial charge in [-0.05, 0) is 12.8 Å². The molecule has 0 aromatic carbocycles. The monoisotopic (exact) mass is 282 g/mol. The van der Waals surface area contributed by atoms with Crippen molar-refractivity contribution in [2.75, 3.05) is 0 Å². The van der Waals surface area contributed by atoms with E-state index in [0.717, 1.165) is 12.8 Å². The summed E-state index contributed by atoms with van der Waals surface area (Å²) in [6.07, 6.45) is 21.8. The molecular formula is C19H40N. The predicted octanol–water partition coefficient (Wildman–Crippen LogP) is 6.92. The molecule has 0 aromatic heterocycles. The third-order valence-electron chi connectivity index (χ3n) is 4.29. The van der Waals surface area contributed by atoms with Crippen molar-refractivity contribution in [3.8, 4) is 0 Å². The first-order chi connectivity index (χ1) is 9.81. The molecule has 0 saturated heterocycles. The maximum atomic E-state index is 7.82. The summed E-state index contributed by atoms with van der Waals surface area (Å²) in [7, 11) is 0. The minimum Gasteiger partial charge on any atom is -0.255 e. The fraction of sp³-hybridized carbons (Fsp3) is 1.00. The molecule has 0 aromatic rings. The maximum Gasteiger partial charge on any atom is 0.0212 e. The fourth-order valence-electron chi connectivity index (χ4n) is 2.90. The van der Waals surface area contributed by atoms with Crippen molar-refractivity contribution in [1.29, 1.82) is 0 Å². The molecule has 1 heteroatoms. The summed E-state index contributed by atoms with van der Waals surface area (Å²) in [5.74, 6) is 0. The third kappa shape index (κ3) is 16.0. The Kier molecular flexibility index (Phi) is 17.0. The van der Waals surface area contributed by atoms with E-state index < -0.39 is 0 Å². The van der Waals surface area contributed by atoms with Gasteiger partial charge in [-0.2, -0.15) is 0 Å². The van der Waals surface area contributed by atoms with Crippen molar-refractivity contribution in [2.24, 2.45) is 0 Å². The Morgan fingerprint density at radius 3 is 1.30 bits per heavy atom. The molecular weight excluding hydrogens is 242 g/mol. The molecule has 0 bridgehead atoms. The summed E-state index contributed by atoms with van der Waals surface area (Å²) in [6.45, 7) is 4.47. The molecule has 0 spiro atoms. The summed E-state index contributed by atoms with van der Waals surface area (Å²) >= 11 is 0. The van der Waals surface area contributed by atoms with E-state index in [-0.39, 0.29) is 6.04 Å². The summed E-state index contributed by atoms with van der Waals surface area (Å²) < 4.78 is 0. The van der Waals surface area contributed by atoms with Gasteiger partial charge in [-0.15, -0.1) is 0 Å². The van der Waals surface area contributed by atoms with Gasteiger partial charge in [0.25, 0.3) is 0 Å². The summed E-state index contributed by atoms with van der Waals surface area (Å²) in [5, 5.41) is 0. The Hall–Kier alpha value is -0.0400. The summed E-state index contributed by atoms with van der Waals surface area (Å²) in [5.41, 5.74) is 7.82. The Labute approximate surface area is 129 Å². The van der Waals surface area contributed by atoms with Crippen molar-refractivity contribution in [3.05, 3.63) is 0 Å². The highest BCUT2D eigenvalue weighted by Gasteiger charge is 2.01. The molecule has 121 valence electrons. The molecule has 1 atom stereocenters. The highest BCUT2D eigenvalue weighted by molar-refractivity contribution is 4.59. The van der Waals surface area contributed by atoms with E-state index in [4.69, 9.17) is 5.73 Å². The van der Waals surface area contributed by atoms with Gasteiger partial charge in [-0.1, -0.05) is 104 Å². The second-order valence-corrected chi connectivity index (χ2v) is 6.52. The van der Waals surface area contributed by atoms with Gasteiger partial charge in [-0.25, -0.2) is 0 Å². The lowest BCUT2D eigenvalue weighted by Crippen LogP contribution is -2.07. The van der Waals surface area contributed by atoms with E-state index in [9.17, 15) is 0 Å². The van der Waals surface area contributed by atoms with Crippen LogP contribution in [0.25, 0.3) is 0 Å². The Morgan fingerprint density at radius 2 is 0.900 bits per heavy atom. The molecule has 0 rings (SSSR count). The zero-order valence-electron chi connectivity index (χ0n) is 14.4. The Bertz CT molecular complexity index is 167. The number of unbranched alkanes of at least 4 members (excludes halogenated alkanes) is 12. The van der Waals surface area contributed by atoms with Gasteiger partial charge in [0.05, 0.1) is 0 Å². The standard InChI is InChI=1S/C19H40N/c1-3-5-6-7-8-9-10-11-12-13-14-15-16-18-19(20)17-4-2/h19-20H,3-18H2,1-2H3. The van der Waals surface area contributed by atoms with Gasteiger partial charge in [0.2, 0.25) is 0 Å². The van der Waals surface area contributed by atoms with Gasteiger partial charge >= 0.3 is 0 Å². The molecule has 0 saturated carbocycles. The van der Waals surface area contributed by atoms with E-state index in [2.05, 4.69) is 13.8 Å². The highest BCUT2D eigenvalue weighted by atomic mass is 14.6. The lowest BCUT2D eigenvalue weighted by molar-refractivity contribution is 0.492. The van der Waals surface area contributed by atoms with Crippen LogP contribution in [0, 0.1) is 0 Å². The van der Waals surface area contributed by atoms with Crippen LogP contribution in [0.3, 0.4) is 0 Å². The molecule has 1 unspecified atom stereocenters.